The largest absolute Gasteiger partial charge is 0.247 e. The number of para-hydroxylation sites is 1. The molecule has 1 heteroatoms. The van der Waals surface area contributed by atoms with Crippen LogP contribution in [-0.2, 0) is 0 Å². The predicted octanol–water partition coefficient (Wildman–Crippen LogP) is 6.72. The van der Waals surface area contributed by atoms with Crippen molar-refractivity contribution >= 4 is 21.7 Å². The molecule has 1 nitrogen and oxygen atoms in total. The number of hydrogen-bond acceptors (Lipinski definition) is 1. The third-order valence-corrected chi connectivity index (χ3v) is 4.85. The second kappa shape index (κ2) is 6.12. The SMILES string of the molecule is c1ccc(-c2cc3ccccc3nc2-c2cccc3ccccc23)cc1. The number of aromatic nitrogens is 1. The van der Waals surface area contributed by atoms with E-state index in [1.54, 1.807) is 0 Å². The summed E-state index contributed by atoms with van der Waals surface area (Å²) in [4.78, 5) is 5.07. The quantitative estimate of drug-likeness (QED) is 0.350. The van der Waals surface area contributed by atoms with Crippen molar-refractivity contribution in [3.8, 4) is 22.4 Å². The standard InChI is InChI=1S/C25H17N/c1-2-9-19(10-3-1)23-17-20-12-5-7-16-24(20)26-25(23)22-15-8-13-18-11-4-6-14-21(18)22/h1-17H. The monoisotopic (exact) mass is 331 g/mol. The molecule has 0 radical (unpaired) electrons. The van der Waals surface area contributed by atoms with Crippen LogP contribution in [0.4, 0.5) is 0 Å². The Bertz CT molecular complexity index is 1220. The molecule has 5 rings (SSSR count). The number of fused-ring (bicyclic) bond motifs is 2. The van der Waals surface area contributed by atoms with Crippen LogP contribution in [0.3, 0.4) is 0 Å². The molecule has 0 aliphatic rings. The third kappa shape index (κ3) is 2.46. The first-order valence-corrected chi connectivity index (χ1v) is 8.83. The van der Waals surface area contributed by atoms with Gasteiger partial charge in [0, 0.05) is 16.5 Å². The smallest absolute Gasteiger partial charge is 0.0794 e. The van der Waals surface area contributed by atoms with Gasteiger partial charge in [-0.2, -0.15) is 0 Å². The Kier molecular flexibility index (Phi) is 3.50. The zero-order valence-corrected chi connectivity index (χ0v) is 14.3. The van der Waals surface area contributed by atoms with Gasteiger partial charge in [0.05, 0.1) is 11.2 Å². The third-order valence-electron chi connectivity index (χ3n) is 4.85. The molecule has 122 valence electrons. The predicted molar refractivity (Wildman–Crippen MR) is 110 cm³/mol. The van der Waals surface area contributed by atoms with E-state index in [-0.39, 0.29) is 0 Å². The molecule has 0 bridgehead atoms. The van der Waals surface area contributed by atoms with E-state index in [0.717, 1.165) is 16.6 Å². The molecule has 0 atom stereocenters. The summed E-state index contributed by atoms with van der Waals surface area (Å²) in [6, 6.07) is 36.0. The second-order valence-corrected chi connectivity index (χ2v) is 6.47. The molecule has 1 aromatic heterocycles. The van der Waals surface area contributed by atoms with Crippen molar-refractivity contribution in [2.45, 2.75) is 0 Å². The summed E-state index contributed by atoms with van der Waals surface area (Å²) in [6.07, 6.45) is 0. The molecule has 0 aliphatic carbocycles. The Balaban J connectivity index is 1.89. The van der Waals surface area contributed by atoms with Gasteiger partial charge in [0.1, 0.15) is 0 Å². The summed E-state index contributed by atoms with van der Waals surface area (Å²) in [5.41, 5.74) is 5.59. The van der Waals surface area contributed by atoms with E-state index >= 15 is 0 Å². The van der Waals surface area contributed by atoms with E-state index in [0.29, 0.717) is 0 Å². The number of benzene rings is 4. The van der Waals surface area contributed by atoms with Crippen molar-refractivity contribution < 1.29 is 0 Å². The molecule has 0 saturated heterocycles. The zero-order valence-electron chi connectivity index (χ0n) is 14.3. The first kappa shape index (κ1) is 14.9. The first-order valence-electron chi connectivity index (χ1n) is 8.83. The van der Waals surface area contributed by atoms with Crippen molar-refractivity contribution in [3.63, 3.8) is 0 Å². The van der Waals surface area contributed by atoms with E-state index in [1.165, 1.54) is 27.5 Å². The maximum atomic E-state index is 5.07. The highest BCUT2D eigenvalue weighted by molar-refractivity contribution is 6.01. The van der Waals surface area contributed by atoms with Crippen LogP contribution in [0.25, 0.3) is 44.1 Å². The molecule has 0 saturated carbocycles. The van der Waals surface area contributed by atoms with Gasteiger partial charge in [0.25, 0.3) is 0 Å². The van der Waals surface area contributed by atoms with Gasteiger partial charge in [0.15, 0.2) is 0 Å². The lowest BCUT2D eigenvalue weighted by Gasteiger charge is -2.13. The van der Waals surface area contributed by atoms with E-state index in [2.05, 4.69) is 97.1 Å². The zero-order chi connectivity index (χ0) is 17.3. The Morgan fingerprint density at radius 2 is 1.19 bits per heavy atom. The fourth-order valence-electron chi connectivity index (χ4n) is 3.59. The van der Waals surface area contributed by atoms with Gasteiger partial charge in [-0.15, -0.1) is 0 Å². The average Bonchev–Trinajstić information content (AvgIpc) is 2.73. The maximum Gasteiger partial charge on any atom is 0.0794 e. The van der Waals surface area contributed by atoms with Crippen LogP contribution in [0.5, 0.6) is 0 Å². The van der Waals surface area contributed by atoms with Gasteiger partial charge < -0.3 is 0 Å². The van der Waals surface area contributed by atoms with Crippen LogP contribution in [-0.4, -0.2) is 4.98 Å². The summed E-state index contributed by atoms with van der Waals surface area (Å²) in [6.45, 7) is 0. The summed E-state index contributed by atoms with van der Waals surface area (Å²) in [5.74, 6) is 0. The van der Waals surface area contributed by atoms with E-state index < -0.39 is 0 Å². The number of nitrogens with zero attached hydrogens (tertiary/aromatic N) is 1. The Morgan fingerprint density at radius 1 is 0.500 bits per heavy atom. The molecule has 1 heterocycles. The minimum atomic E-state index is 1.02. The average molecular weight is 331 g/mol. The van der Waals surface area contributed by atoms with Crippen molar-refractivity contribution in [2.24, 2.45) is 0 Å². The molecule has 0 fully saturated rings. The van der Waals surface area contributed by atoms with Crippen LogP contribution < -0.4 is 0 Å². The topological polar surface area (TPSA) is 12.9 Å². The van der Waals surface area contributed by atoms with E-state index in [4.69, 9.17) is 4.98 Å². The lowest BCUT2D eigenvalue weighted by atomic mass is 9.94. The molecular weight excluding hydrogens is 314 g/mol. The lowest BCUT2D eigenvalue weighted by Crippen LogP contribution is -1.92. The van der Waals surface area contributed by atoms with Gasteiger partial charge >= 0.3 is 0 Å². The number of rotatable bonds is 2. The summed E-state index contributed by atoms with van der Waals surface area (Å²) in [7, 11) is 0. The number of pyridine rings is 1. The summed E-state index contributed by atoms with van der Waals surface area (Å²) in [5, 5.41) is 3.63. The van der Waals surface area contributed by atoms with E-state index in [9.17, 15) is 0 Å². The molecule has 0 aliphatic heterocycles. The molecule has 5 aromatic rings. The second-order valence-electron chi connectivity index (χ2n) is 6.47. The Hall–Kier alpha value is -3.45. The van der Waals surface area contributed by atoms with E-state index in [1.807, 2.05) is 6.07 Å². The molecule has 0 amide bonds. The van der Waals surface area contributed by atoms with Gasteiger partial charge in [-0.1, -0.05) is 91.0 Å². The van der Waals surface area contributed by atoms with Crippen LogP contribution in [0.15, 0.2) is 103 Å². The maximum absolute atomic E-state index is 5.07. The van der Waals surface area contributed by atoms with Gasteiger partial charge in [-0.25, -0.2) is 4.98 Å². The Morgan fingerprint density at radius 3 is 2.08 bits per heavy atom. The van der Waals surface area contributed by atoms with Gasteiger partial charge in [0.2, 0.25) is 0 Å². The molecule has 26 heavy (non-hydrogen) atoms. The molecule has 0 N–H and O–H groups in total. The first-order chi connectivity index (χ1) is 12.9. The van der Waals surface area contributed by atoms with Crippen LogP contribution in [0.1, 0.15) is 0 Å². The lowest BCUT2D eigenvalue weighted by molar-refractivity contribution is 1.40. The summed E-state index contributed by atoms with van der Waals surface area (Å²) >= 11 is 0. The fraction of sp³-hybridized carbons (Fsp3) is 0. The van der Waals surface area contributed by atoms with Crippen LogP contribution in [0, 0.1) is 0 Å². The minimum absolute atomic E-state index is 1.02. The van der Waals surface area contributed by atoms with Crippen LogP contribution >= 0.6 is 0 Å². The van der Waals surface area contributed by atoms with Crippen molar-refractivity contribution in [3.05, 3.63) is 103 Å². The molecule has 0 unspecified atom stereocenters. The number of hydrogen-bond donors (Lipinski definition) is 0. The highest BCUT2D eigenvalue weighted by Gasteiger charge is 2.13. The molecule has 4 aromatic carbocycles. The Labute approximate surface area is 152 Å². The highest BCUT2D eigenvalue weighted by atomic mass is 14.7. The summed E-state index contributed by atoms with van der Waals surface area (Å²) < 4.78 is 0. The van der Waals surface area contributed by atoms with Crippen molar-refractivity contribution in [1.29, 1.82) is 0 Å². The van der Waals surface area contributed by atoms with Gasteiger partial charge in [-0.05, 0) is 28.5 Å². The minimum Gasteiger partial charge on any atom is -0.247 e. The normalized spacial score (nSPS) is 11.1. The van der Waals surface area contributed by atoms with Crippen molar-refractivity contribution in [1.82, 2.24) is 4.98 Å². The fourth-order valence-corrected chi connectivity index (χ4v) is 3.59. The molecular formula is C25H17N. The highest BCUT2D eigenvalue weighted by Crippen LogP contribution is 2.36. The van der Waals surface area contributed by atoms with Crippen LogP contribution in [0.2, 0.25) is 0 Å². The van der Waals surface area contributed by atoms with Crippen molar-refractivity contribution in [2.75, 3.05) is 0 Å². The van der Waals surface area contributed by atoms with Gasteiger partial charge in [-0.3, -0.25) is 0 Å². The molecule has 0 spiro atoms.